The third kappa shape index (κ3) is 4.20. The smallest absolute Gasteiger partial charge is 0.0100 e. The molecule has 1 rings (SSSR count). The van der Waals surface area contributed by atoms with Crippen molar-refractivity contribution in [2.24, 2.45) is 0 Å². The first kappa shape index (κ1) is 13.1. The van der Waals surface area contributed by atoms with Crippen LogP contribution in [0.25, 0.3) is 0 Å². The molecule has 0 saturated carbocycles. The molecule has 0 bridgehead atoms. The highest BCUT2D eigenvalue weighted by molar-refractivity contribution is 9.09. The lowest BCUT2D eigenvalue weighted by Crippen LogP contribution is -2.03. The van der Waals surface area contributed by atoms with Gasteiger partial charge in [-0.25, -0.2) is 0 Å². The number of aryl methyl sites for hydroxylation is 1. The van der Waals surface area contributed by atoms with Gasteiger partial charge in [0.05, 0.1) is 0 Å². The number of hydrogen-bond donors (Lipinski definition) is 0. The van der Waals surface area contributed by atoms with Crippen LogP contribution in [0, 0.1) is 6.92 Å². The molecule has 0 aliphatic carbocycles. The SMILES string of the molecule is CSCCCC(CBr)c1ccccc1C. The summed E-state index contributed by atoms with van der Waals surface area (Å²) < 4.78 is 0. The average molecular weight is 287 g/mol. The summed E-state index contributed by atoms with van der Waals surface area (Å²) in [5.41, 5.74) is 2.93. The van der Waals surface area contributed by atoms with E-state index in [4.69, 9.17) is 0 Å². The minimum atomic E-state index is 0.679. The second-order valence-corrected chi connectivity index (χ2v) is 5.48. The van der Waals surface area contributed by atoms with E-state index in [9.17, 15) is 0 Å². The Morgan fingerprint density at radius 3 is 2.67 bits per heavy atom. The Hall–Kier alpha value is 0.0500. The zero-order valence-corrected chi connectivity index (χ0v) is 11.9. The molecule has 0 radical (unpaired) electrons. The Bertz CT molecular complexity index is 286. The number of halogens is 1. The van der Waals surface area contributed by atoms with E-state index in [-0.39, 0.29) is 0 Å². The first-order valence-electron chi connectivity index (χ1n) is 5.40. The van der Waals surface area contributed by atoms with Crippen LogP contribution in [0.1, 0.15) is 29.9 Å². The second-order valence-electron chi connectivity index (χ2n) is 3.84. The van der Waals surface area contributed by atoms with Gasteiger partial charge in [0.2, 0.25) is 0 Å². The third-order valence-corrected chi connectivity index (χ3v) is 4.19. The molecule has 0 heterocycles. The lowest BCUT2D eigenvalue weighted by atomic mass is 9.93. The molecular formula is C13H19BrS. The van der Waals surface area contributed by atoms with Crippen LogP contribution in [0.4, 0.5) is 0 Å². The normalized spacial score (nSPS) is 12.7. The lowest BCUT2D eigenvalue weighted by molar-refractivity contribution is 0.677. The zero-order chi connectivity index (χ0) is 11.1. The van der Waals surface area contributed by atoms with Crippen molar-refractivity contribution in [3.05, 3.63) is 35.4 Å². The second kappa shape index (κ2) is 7.34. The van der Waals surface area contributed by atoms with E-state index >= 15 is 0 Å². The molecule has 1 unspecified atom stereocenters. The van der Waals surface area contributed by atoms with Crippen molar-refractivity contribution >= 4 is 27.7 Å². The summed E-state index contributed by atoms with van der Waals surface area (Å²) in [6.07, 6.45) is 4.78. The zero-order valence-electron chi connectivity index (χ0n) is 9.50. The maximum Gasteiger partial charge on any atom is 0.0100 e. The van der Waals surface area contributed by atoms with E-state index in [1.54, 1.807) is 0 Å². The average Bonchev–Trinajstić information content (AvgIpc) is 2.26. The van der Waals surface area contributed by atoms with Gasteiger partial charge >= 0.3 is 0 Å². The number of hydrogen-bond acceptors (Lipinski definition) is 1. The molecule has 0 spiro atoms. The van der Waals surface area contributed by atoms with E-state index < -0.39 is 0 Å². The summed E-state index contributed by atoms with van der Waals surface area (Å²) in [6, 6.07) is 8.73. The molecule has 0 saturated heterocycles. The molecular weight excluding hydrogens is 268 g/mol. The topological polar surface area (TPSA) is 0 Å². The van der Waals surface area contributed by atoms with Gasteiger partial charge in [0.1, 0.15) is 0 Å². The molecule has 0 N–H and O–H groups in total. The van der Waals surface area contributed by atoms with Crippen molar-refractivity contribution in [1.82, 2.24) is 0 Å². The maximum absolute atomic E-state index is 3.63. The van der Waals surface area contributed by atoms with Crippen LogP contribution in [0.3, 0.4) is 0 Å². The molecule has 1 aromatic carbocycles. The van der Waals surface area contributed by atoms with E-state index in [1.165, 1.54) is 29.7 Å². The Labute approximate surface area is 106 Å². The quantitative estimate of drug-likeness (QED) is 0.543. The van der Waals surface area contributed by atoms with Gasteiger partial charge in [-0.2, -0.15) is 11.8 Å². The summed E-state index contributed by atoms with van der Waals surface area (Å²) in [4.78, 5) is 0. The van der Waals surface area contributed by atoms with Crippen molar-refractivity contribution in [2.75, 3.05) is 17.3 Å². The fraction of sp³-hybridized carbons (Fsp3) is 0.538. The molecule has 0 aliphatic heterocycles. The summed E-state index contributed by atoms with van der Waals surface area (Å²) >= 11 is 5.57. The minimum Gasteiger partial charge on any atom is -0.165 e. The highest BCUT2D eigenvalue weighted by Gasteiger charge is 2.11. The molecule has 2 heteroatoms. The van der Waals surface area contributed by atoms with Gasteiger partial charge in [0.15, 0.2) is 0 Å². The summed E-state index contributed by atoms with van der Waals surface area (Å²) in [5.74, 6) is 1.95. The molecule has 1 aromatic rings. The van der Waals surface area contributed by atoms with Gasteiger partial charge < -0.3 is 0 Å². The Morgan fingerprint density at radius 1 is 1.33 bits per heavy atom. The molecule has 15 heavy (non-hydrogen) atoms. The van der Waals surface area contributed by atoms with E-state index in [2.05, 4.69) is 53.4 Å². The van der Waals surface area contributed by atoms with E-state index in [1.807, 2.05) is 11.8 Å². The highest BCUT2D eigenvalue weighted by Crippen LogP contribution is 2.26. The van der Waals surface area contributed by atoms with Gasteiger partial charge in [-0.15, -0.1) is 0 Å². The minimum absolute atomic E-state index is 0.679. The van der Waals surface area contributed by atoms with Crippen LogP contribution in [-0.4, -0.2) is 17.3 Å². The summed E-state index contributed by atoms with van der Waals surface area (Å²) in [6.45, 7) is 2.21. The standard InChI is InChI=1S/C13H19BrS/c1-11-6-3-4-8-13(11)12(10-14)7-5-9-15-2/h3-4,6,8,12H,5,7,9-10H2,1-2H3. The first-order chi connectivity index (χ1) is 7.29. The Morgan fingerprint density at radius 2 is 2.07 bits per heavy atom. The predicted octanol–water partition coefficient (Wildman–Crippen LogP) is 4.62. The molecule has 0 aliphatic rings. The van der Waals surface area contributed by atoms with Crippen molar-refractivity contribution in [2.45, 2.75) is 25.7 Å². The molecule has 0 fully saturated rings. The van der Waals surface area contributed by atoms with Crippen molar-refractivity contribution in [3.8, 4) is 0 Å². The maximum atomic E-state index is 3.63. The molecule has 0 amide bonds. The van der Waals surface area contributed by atoms with Gasteiger partial charge in [-0.3, -0.25) is 0 Å². The highest BCUT2D eigenvalue weighted by atomic mass is 79.9. The Kier molecular flexibility index (Phi) is 6.42. The first-order valence-corrected chi connectivity index (χ1v) is 7.91. The predicted molar refractivity (Wildman–Crippen MR) is 75.3 cm³/mol. The van der Waals surface area contributed by atoms with Crippen LogP contribution in [0.5, 0.6) is 0 Å². The van der Waals surface area contributed by atoms with Gasteiger partial charge in [-0.1, -0.05) is 40.2 Å². The van der Waals surface area contributed by atoms with Crippen LogP contribution in [0.2, 0.25) is 0 Å². The third-order valence-electron chi connectivity index (χ3n) is 2.72. The fourth-order valence-electron chi connectivity index (χ4n) is 1.83. The number of alkyl halides is 1. The largest absolute Gasteiger partial charge is 0.165 e. The van der Waals surface area contributed by atoms with Gasteiger partial charge in [0, 0.05) is 5.33 Å². The Balaban J connectivity index is 2.61. The molecule has 0 aromatic heterocycles. The molecule has 84 valence electrons. The fourth-order valence-corrected chi connectivity index (χ4v) is 2.96. The molecule has 0 nitrogen and oxygen atoms in total. The van der Waals surface area contributed by atoms with E-state index in [0.717, 1.165) is 5.33 Å². The van der Waals surface area contributed by atoms with Crippen LogP contribution >= 0.6 is 27.7 Å². The summed E-state index contributed by atoms with van der Waals surface area (Å²) in [7, 11) is 0. The van der Waals surface area contributed by atoms with Crippen LogP contribution in [0.15, 0.2) is 24.3 Å². The van der Waals surface area contributed by atoms with E-state index in [0.29, 0.717) is 5.92 Å². The van der Waals surface area contributed by atoms with Crippen molar-refractivity contribution < 1.29 is 0 Å². The lowest BCUT2D eigenvalue weighted by Gasteiger charge is -2.16. The van der Waals surface area contributed by atoms with Crippen molar-refractivity contribution in [3.63, 3.8) is 0 Å². The number of thioether (sulfide) groups is 1. The number of rotatable bonds is 6. The monoisotopic (exact) mass is 286 g/mol. The van der Waals surface area contributed by atoms with Crippen molar-refractivity contribution in [1.29, 1.82) is 0 Å². The molecule has 1 atom stereocenters. The van der Waals surface area contributed by atoms with Crippen LogP contribution in [-0.2, 0) is 0 Å². The summed E-state index contributed by atoms with van der Waals surface area (Å²) in [5, 5.41) is 1.08. The number of benzene rings is 1. The van der Waals surface area contributed by atoms with Gasteiger partial charge in [0.25, 0.3) is 0 Å². The van der Waals surface area contributed by atoms with Gasteiger partial charge in [-0.05, 0) is 48.8 Å². The van der Waals surface area contributed by atoms with Crippen LogP contribution < -0.4 is 0 Å².